The lowest BCUT2D eigenvalue weighted by molar-refractivity contribution is 0.0684. The summed E-state index contributed by atoms with van der Waals surface area (Å²) < 4.78 is 34.5. The molecule has 0 aromatic rings. The van der Waals surface area contributed by atoms with Crippen LogP contribution in [0.15, 0.2) is 0 Å². The van der Waals surface area contributed by atoms with E-state index in [1.165, 1.54) is 193 Å². The second-order valence-electron chi connectivity index (χ2n) is 14.0. The predicted octanol–water partition coefficient (Wildman–Crippen LogP) is 13.3. The van der Waals surface area contributed by atoms with Gasteiger partial charge < -0.3 is 0 Å². The molecule has 0 aromatic carbocycles. The smallest absolute Gasteiger partial charge is 0.245 e. The van der Waals surface area contributed by atoms with Gasteiger partial charge in [-0.1, -0.05) is 219 Å². The molecular formula is C38H76O4S. The van der Waals surface area contributed by atoms with E-state index in [0.29, 0.717) is 0 Å². The van der Waals surface area contributed by atoms with Crippen LogP contribution >= 0.6 is 0 Å². The highest BCUT2D eigenvalue weighted by Gasteiger charge is 2.43. The van der Waals surface area contributed by atoms with E-state index in [0.717, 1.165) is 25.7 Å². The summed E-state index contributed by atoms with van der Waals surface area (Å²) in [4.78, 5) is 0. The topological polar surface area (TPSA) is 52.6 Å². The van der Waals surface area contributed by atoms with Gasteiger partial charge in [-0.05, 0) is 12.8 Å². The molecule has 0 aliphatic carbocycles. The second-order valence-corrected chi connectivity index (χ2v) is 15.3. The highest BCUT2D eigenvalue weighted by atomic mass is 32.3. The summed E-state index contributed by atoms with van der Waals surface area (Å²) >= 11 is 0. The van der Waals surface area contributed by atoms with Crippen molar-refractivity contribution in [3.8, 4) is 0 Å². The predicted molar refractivity (Wildman–Crippen MR) is 187 cm³/mol. The minimum atomic E-state index is -3.80. The standard InChI is InChI=1S/C38H76O4S/c1-3-5-7-9-11-13-15-17-19-21-23-25-27-29-31-33-35-38(37-41-43(39,40)42-38)36-34-32-30-28-26-24-22-20-18-16-14-12-10-8-6-4-2/h3-37H2,1-2H3. The lowest BCUT2D eigenvalue weighted by Crippen LogP contribution is -2.32. The van der Waals surface area contributed by atoms with Gasteiger partial charge in [0, 0.05) is 0 Å². The first kappa shape index (κ1) is 40.9. The molecule has 43 heavy (non-hydrogen) atoms. The van der Waals surface area contributed by atoms with E-state index in [4.69, 9.17) is 8.37 Å². The van der Waals surface area contributed by atoms with Gasteiger partial charge in [0.05, 0.1) is 6.61 Å². The number of rotatable bonds is 34. The molecule has 4 nitrogen and oxygen atoms in total. The Bertz CT molecular complexity index is 641. The van der Waals surface area contributed by atoms with Crippen molar-refractivity contribution < 1.29 is 16.8 Å². The van der Waals surface area contributed by atoms with Crippen LogP contribution in [0.4, 0.5) is 0 Å². The average molecular weight is 629 g/mol. The Labute approximate surface area is 271 Å². The highest BCUT2D eigenvalue weighted by Crippen LogP contribution is 2.35. The zero-order valence-electron chi connectivity index (χ0n) is 29.3. The van der Waals surface area contributed by atoms with E-state index in [1.807, 2.05) is 0 Å². The molecule has 0 aromatic heterocycles. The maximum atomic E-state index is 11.9. The summed E-state index contributed by atoms with van der Waals surface area (Å²) in [5, 5.41) is 0. The molecule has 5 heteroatoms. The van der Waals surface area contributed by atoms with Gasteiger partial charge in [0.15, 0.2) is 0 Å². The third-order valence-corrected chi connectivity index (χ3v) is 10.7. The second kappa shape index (κ2) is 29.3. The molecule has 1 fully saturated rings. The van der Waals surface area contributed by atoms with Gasteiger partial charge in [0.25, 0.3) is 0 Å². The summed E-state index contributed by atoms with van der Waals surface area (Å²) in [5.74, 6) is 0. The fourth-order valence-corrected chi connectivity index (χ4v) is 7.84. The van der Waals surface area contributed by atoms with Crippen molar-refractivity contribution in [2.75, 3.05) is 6.61 Å². The Morgan fingerprint density at radius 1 is 0.395 bits per heavy atom. The first-order valence-corrected chi connectivity index (χ1v) is 21.0. The third kappa shape index (κ3) is 25.7. The van der Waals surface area contributed by atoms with Crippen LogP contribution in [0.2, 0.25) is 0 Å². The zero-order valence-corrected chi connectivity index (χ0v) is 30.1. The molecule has 1 aliphatic heterocycles. The Morgan fingerprint density at radius 2 is 0.628 bits per heavy atom. The molecule has 1 heterocycles. The highest BCUT2D eigenvalue weighted by molar-refractivity contribution is 7.82. The minimum Gasteiger partial charge on any atom is -0.245 e. The van der Waals surface area contributed by atoms with E-state index < -0.39 is 16.0 Å². The van der Waals surface area contributed by atoms with Crippen molar-refractivity contribution in [2.45, 2.75) is 238 Å². The SMILES string of the molecule is CCCCCCCCCCCCCCCCCCC1(CCCCCCCCCCCCCCCCCC)COS(=O)(=O)O1. The fourth-order valence-electron chi connectivity index (χ4n) is 6.79. The fraction of sp³-hybridized carbons (Fsp3) is 1.00. The van der Waals surface area contributed by atoms with Gasteiger partial charge in [0.1, 0.15) is 5.60 Å². The summed E-state index contributed by atoms with van der Waals surface area (Å²) in [6.07, 6.45) is 44.8. The average Bonchev–Trinajstić information content (AvgIpc) is 3.30. The zero-order chi connectivity index (χ0) is 31.2. The number of hydrogen-bond acceptors (Lipinski definition) is 4. The van der Waals surface area contributed by atoms with Crippen molar-refractivity contribution in [3.05, 3.63) is 0 Å². The summed E-state index contributed by atoms with van der Waals surface area (Å²) in [6.45, 7) is 4.79. The van der Waals surface area contributed by atoms with Crippen molar-refractivity contribution in [3.63, 3.8) is 0 Å². The minimum absolute atomic E-state index is 0.215. The molecule has 1 rings (SSSR count). The Morgan fingerprint density at radius 3 is 0.837 bits per heavy atom. The van der Waals surface area contributed by atoms with Gasteiger partial charge >= 0.3 is 10.4 Å². The van der Waals surface area contributed by atoms with Crippen LogP contribution in [-0.4, -0.2) is 20.6 Å². The van der Waals surface area contributed by atoms with Crippen LogP contribution in [0.3, 0.4) is 0 Å². The summed E-state index contributed by atoms with van der Waals surface area (Å²) in [5.41, 5.74) is -0.606. The molecule has 0 amide bonds. The van der Waals surface area contributed by atoms with Gasteiger partial charge in [-0.3, -0.25) is 0 Å². The molecular weight excluding hydrogens is 552 g/mol. The van der Waals surface area contributed by atoms with Crippen molar-refractivity contribution in [1.29, 1.82) is 0 Å². The monoisotopic (exact) mass is 629 g/mol. The maximum absolute atomic E-state index is 11.9. The molecule has 0 radical (unpaired) electrons. The molecule has 1 aliphatic rings. The largest absolute Gasteiger partial charge is 0.400 e. The molecule has 258 valence electrons. The Kier molecular flexibility index (Phi) is 27.8. The van der Waals surface area contributed by atoms with Crippen LogP contribution in [0.25, 0.3) is 0 Å². The lowest BCUT2D eigenvalue weighted by Gasteiger charge is -2.24. The molecule has 0 bridgehead atoms. The van der Waals surface area contributed by atoms with Crippen LogP contribution in [0.5, 0.6) is 0 Å². The first-order valence-electron chi connectivity index (χ1n) is 19.6. The van der Waals surface area contributed by atoms with Gasteiger partial charge in [-0.2, -0.15) is 8.42 Å². The molecule has 0 N–H and O–H groups in total. The third-order valence-electron chi connectivity index (χ3n) is 9.72. The summed E-state index contributed by atoms with van der Waals surface area (Å²) in [7, 11) is -3.80. The van der Waals surface area contributed by atoms with E-state index in [2.05, 4.69) is 13.8 Å². The number of unbranched alkanes of at least 4 members (excludes halogenated alkanes) is 30. The quantitative estimate of drug-likeness (QED) is 0.0665. The molecule has 0 saturated carbocycles. The summed E-state index contributed by atoms with van der Waals surface area (Å²) in [6, 6.07) is 0. The van der Waals surface area contributed by atoms with Gasteiger partial charge in [-0.15, -0.1) is 0 Å². The van der Waals surface area contributed by atoms with Gasteiger partial charge in [-0.25, -0.2) is 8.37 Å². The normalized spacial score (nSPS) is 15.9. The Balaban J connectivity index is 1.97. The van der Waals surface area contributed by atoms with Crippen molar-refractivity contribution in [2.24, 2.45) is 0 Å². The van der Waals surface area contributed by atoms with Crippen molar-refractivity contribution >= 4 is 10.4 Å². The number of hydrogen-bond donors (Lipinski definition) is 0. The molecule has 0 atom stereocenters. The first-order chi connectivity index (χ1) is 21.0. The van der Waals surface area contributed by atoms with E-state index >= 15 is 0 Å². The van der Waals surface area contributed by atoms with E-state index in [1.54, 1.807) is 0 Å². The Hall–Kier alpha value is -0.130. The molecule has 0 unspecified atom stereocenters. The van der Waals surface area contributed by atoms with E-state index in [-0.39, 0.29) is 6.61 Å². The van der Waals surface area contributed by atoms with Crippen LogP contribution in [0, 0.1) is 0 Å². The molecule has 1 saturated heterocycles. The van der Waals surface area contributed by atoms with Crippen LogP contribution in [-0.2, 0) is 18.8 Å². The van der Waals surface area contributed by atoms with Gasteiger partial charge in [0.2, 0.25) is 0 Å². The van der Waals surface area contributed by atoms with Crippen LogP contribution < -0.4 is 0 Å². The van der Waals surface area contributed by atoms with Crippen LogP contribution in [0.1, 0.15) is 232 Å². The van der Waals surface area contributed by atoms with E-state index in [9.17, 15) is 8.42 Å². The lowest BCUT2D eigenvalue weighted by atomic mass is 9.90. The molecule has 0 spiro atoms. The maximum Gasteiger partial charge on any atom is 0.400 e. The van der Waals surface area contributed by atoms with Crippen molar-refractivity contribution in [1.82, 2.24) is 0 Å².